The monoisotopic (exact) mass is 391 g/mol. The second-order valence-electron chi connectivity index (χ2n) is 6.66. The van der Waals surface area contributed by atoms with E-state index in [0.29, 0.717) is 16.9 Å². The number of nitrogens with one attached hydrogen (secondary N) is 3. The minimum Gasteiger partial charge on any atom is -0.332 e. The van der Waals surface area contributed by atoms with Crippen molar-refractivity contribution in [1.29, 1.82) is 0 Å². The third-order valence-corrected chi connectivity index (χ3v) is 4.40. The van der Waals surface area contributed by atoms with Gasteiger partial charge in [-0.2, -0.15) is 0 Å². The third kappa shape index (κ3) is 4.72. The molecule has 0 aromatic heterocycles. The van der Waals surface area contributed by atoms with E-state index in [1.807, 2.05) is 50.2 Å². The van der Waals surface area contributed by atoms with E-state index >= 15 is 0 Å². The molecule has 3 aromatic carbocycles. The van der Waals surface area contributed by atoms with Gasteiger partial charge in [0.1, 0.15) is 0 Å². The zero-order valence-corrected chi connectivity index (χ0v) is 16.5. The molecule has 0 atom stereocenters. The summed E-state index contributed by atoms with van der Waals surface area (Å²) in [4.78, 5) is 24.3. The molecule has 0 aliphatic carbocycles. The van der Waals surface area contributed by atoms with Gasteiger partial charge in [0, 0.05) is 22.9 Å². The van der Waals surface area contributed by atoms with Crippen LogP contribution >= 0.6 is 12.2 Å². The maximum Gasteiger partial charge on any atom is 0.258 e. The van der Waals surface area contributed by atoms with Crippen LogP contribution in [0.3, 0.4) is 0 Å². The van der Waals surface area contributed by atoms with Gasteiger partial charge in [-0.15, -0.1) is 0 Å². The number of hydrogen-bond donors (Lipinski definition) is 3. The van der Waals surface area contributed by atoms with Crippen LogP contribution in [0.5, 0.6) is 0 Å². The van der Waals surface area contributed by atoms with Gasteiger partial charge in [-0.3, -0.25) is 14.9 Å². The Labute approximate surface area is 169 Å². The molecule has 28 heavy (non-hydrogen) atoms. The summed E-state index contributed by atoms with van der Waals surface area (Å²) in [6.07, 6.45) is 0. The molecule has 3 rings (SSSR count). The number of benzene rings is 3. The fourth-order valence-electron chi connectivity index (χ4n) is 2.68. The summed E-state index contributed by atoms with van der Waals surface area (Å²) in [5, 5.41) is 10.6. The Morgan fingerprint density at radius 3 is 2.11 bits per heavy atom. The van der Waals surface area contributed by atoms with E-state index in [9.17, 15) is 9.59 Å². The predicted molar refractivity (Wildman–Crippen MR) is 118 cm³/mol. The van der Waals surface area contributed by atoms with Crippen molar-refractivity contribution in [3.8, 4) is 0 Å². The highest BCUT2D eigenvalue weighted by molar-refractivity contribution is 7.80. The summed E-state index contributed by atoms with van der Waals surface area (Å²) in [6, 6.07) is 20.4. The van der Waals surface area contributed by atoms with Gasteiger partial charge in [0.15, 0.2) is 5.11 Å². The smallest absolute Gasteiger partial charge is 0.258 e. The lowest BCUT2D eigenvalue weighted by Gasteiger charge is -2.12. The Morgan fingerprint density at radius 2 is 1.43 bits per heavy atom. The van der Waals surface area contributed by atoms with Gasteiger partial charge in [0.25, 0.3) is 5.91 Å². The molecular formula is C22H21N3O2S. The van der Waals surface area contributed by atoms with Crippen LogP contribution in [0.1, 0.15) is 24.2 Å². The van der Waals surface area contributed by atoms with Crippen LogP contribution in [-0.2, 0) is 4.79 Å². The Hall–Kier alpha value is -3.25. The van der Waals surface area contributed by atoms with Gasteiger partial charge in [-0.1, -0.05) is 50.2 Å². The largest absolute Gasteiger partial charge is 0.332 e. The molecule has 0 fully saturated rings. The summed E-state index contributed by atoms with van der Waals surface area (Å²) in [5.41, 5.74) is 1.98. The van der Waals surface area contributed by atoms with Crippen molar-refractivity contribution in [3.63, 3.8) is 0 Å². The van der Waals surface area contributed by atoms with Gasteiger partial charge >= 0.3 is 0 Å². The van der Waals surface area contributed by atoms with Crippen LogP contribution < -0.4 is 16.0 Å². The number of fused-ring (bicyclic) bond motifs is 1. The highest BCUT2D eigenvalue weighted by Crippen LogP contribution is 2.18. The lowest BCUT2D eigenvalue weighted by atomic mass is 10.0. The molecule has 0 aliphatic rings. The molecule has 0 saturated heterocycles. The fraction of sp³-hybridized carbons (Fsp3) is 0.136. The molecule has 3 N–H and O–H groups in total. The zero-order chi connectivity index (χ0) is 20.1. The molecule has 3 aromatic rings. The number of carbonyl (C=O) groups is 2. The minimum atomic E-state index is -0.268. The molecule has 0 saturated carbocycles. The molecule has 0 aliphatic heterocycles. The van der Waals surface area contributed by atoms with Crippen molar-refractivity contribution >= 4 is 51.3 Å². The number of carbonyl (C=O) groups excluding carboxylic acids is 2. The van der Waals surface area contributed by atoms with Crippen molar-refractivity contribution in [2.24, 2.45) is 5.92 Å². The van der Waals surface area contributed by atoms with E-state index in [4.69, 9.17) is 12.2 Å². The molecule has 0 spiro atoms. The van der Waals surface area contributed by atoms with E-state index in [1.165, 1.54) is 0 Å². The number of hydrogen-bond acceptors (Lipinski definition) is 3. The topological polar surface area (TPSA) is 70.2 Å². The Morgan fingerprint density at radius 1 is 0.821 bits per heavy atom. The van der Waals surface area contributed by atoms with Crippen molar-refractivity contribution in [2.75, 3.05) is 10.6 Å². The van der Waals surface area contributed by atoms with Crippen LogP contribution in [0.2, 0.25) is 0 Å². The van der Waals surface area contributed by atoms with Gasteiger partial charge in [0.05, 0.1) is 0 Å². The van der Waals surface area contributed by atoms with E-state index in [-0.39, 0.29) is 22.8 Å². The maximum absolute atomic E-state index is 12.6. The summed E-state index contributed by atoms with van der Waals surface area (Å²) >= 11 is 5.26. The average molecular weight is 391 g/mol. The SMILES string of the molecule is CC(C)C(=O)Nc1ccc(NC(=S)NC(=O)c2cccc3ccccc23)cc1. The number of anilines is 2. The molecule has 5 nitrogen and oxygen atoms in total. The van der Waals surface area contributed by atoms with Gasteiger partial charge in [-0.25, -0.2) is 0 Å². The van der Waals surface area contributed by atoms with E-state index < -0.39 is 0 Å². The maximum atomic E-state index is 12.6. The average Bonchev–Trinajstić information content (AvgIpc) is 2.68. The van der Waals surface area contributed by atoms with E-state index in [2.05, 4.69) is 16.0 Å². The van der Waals surface area contributed by atoms with Crippen molar-refractivity contribution < 1.29 is 9.59 Å². The Bertz CT molecular complexity index is 1020. The lowest BCUT2D eigenvalue weighted by molar-refractivity contribution is -0.118. The van der Waals surface area contributed by atoms with Crippen LogP contribution in [-0.4, -0.2) is 16.9 Å². The van der Waals surface area contributed by atoms with Crippen molar-refractivity contribution in [2.45, 2.75) is 13.8 Å². The molecule has 0 bridgehead atoms. The first-order valence-corrected chi connectivity index (χ1v) is 9.36. The highest BCUT2D eigenvalue weighted by Gasteiger charge is 2.11. The quantitative estimate of drug-likeness (QED) is 0.570. The summed E-state index contributed by atoms with van der Waals surface area (Å²) in [7, 11) is 0. The first-order chi connectivity index (χ1) is 13.4. The van der Waals surface area contributed by atoms with Gasteiger partial charge in [0.2, 0.25) is 5.91 Å². The normalized spacial score (nSPS) is 10.5. The zero-order valence-electron chi connectivity index (χ0n) is 15.7. The molecule has 0 unspecified atom stereocenters. The Balaban J connectivity index is 1.63. The van der Waals surface area contributed by atoms with Crippen molar-refractivity contribution in [3.05, 3.63) is 72.3 Å². The Kier molecular flexibility index (Phi) is 6.01. The molecule has 6 heteroatoms. The summed E-state index contributed by atoms with van der Waals surface area (Å²) < 4.78 is 0. The van der Waals surface area contributed by atoms with E-state index in [1.54, 1.807) is 30.3 Å². The second-order valence-corrected chi connectivity index (χ2v) is 7.06. The molecule has 0 heterocycles. The number of thiocarbonyl (C=S) groups is 1. The van der Waals surface area contributed by atoms with E-state index in [0.717, 1.165) is 10.8 Å². The van der Waals surface area contributed by atoms with Crippen LogP contribution in [0, 0.1) is 5.92 Å². The molecule has 0 radical (unpaired) electrons. The minimum absolute atomic E-state index is 0.0430. The number of amides is 2. The third-order valence-electron chi connectivity index (χ3n) is 4.20. The first-order valence-electron chi connectivity index (χ1n) is 8.95. The molecule has 142 valence electrons. The van der Waals surface area contributed by atoms with Gasteiger partial charge < -0.3 is 10.6 Å². The number of rotatable bonds is 4. The molecular weight excluding hydrogens is 370 g/mol. The van der Waals surface area contributed by atoms with Crippen LogP contribution in [0.25, 0.3) is 10.8 Å². The summed E-state index contributed by atoms with van der Waals surface area (Å²) in [6.45, 7) is 3.67. The van der Waals surface area contributed by atoms with Crippen LogP contribution in [0.4, 0.5) is 11.4 Å². The second kappa shape index (κ2) is 8.63. The highest BCUT2D eigenvalue weighted by atomic mass is 32.1. The lowest BCUT2D eigenvalue weighted by Crippen LogP contribution is -2.34. The molecule has 2 amide bonds. The fourth-order valence-corrected chi connectivity index (χ4v) is 2.89. The van der Waals surface area contributed by atoms with Gasteiger partial charge in [-0.05, 0) is 53.3 Å². The predicted octanol–water partition coefficient (Wildman–Crippen LogP) is 4.56. The summed E-state index contributed by atoms with van der Waals surface area (Å²) in [5.74, 6) is -0.400. The van der Waals surface area contributed by atoms with Crippen LogP contribution in [0.15, 0.2) is 66.7 Å². The standard InChI is InChI=1S/C22H21N3O2S/c1-14(2)20(26)23-16-10-12-17(13-11-16)24-22(28)25-21(27)19-9-5-7-15-6-3-4-8-18(15)19/h3-14H,1-2H3,(H,23,26)(H2,24,25,27,28). The van der Waals surface area contributed by atoms with Crippen molar-refractivity contribution in [1.82, 2.24) is 5.32 Å². The first kappa shape index (κ1) is 19.5.